The van der Waals surface area contributed by atoms with Crippen LogP contribution in [0.15, 0.2) is 0 Å². The molecule has 1 aromatic rings. The summed E-state index contributed by atoms with van der Waals surface area (Å²) in [5, 5.41) is 15.1. The van der Waals surface area contributed by atoms with Gasteiger partial charge in [-0.1, -0.05) is 33.6 Å². The molecule has 120 valence electrons. The van der Waals surface area contributed by atoms with Crippen molar-refractivity contribution >= 4 is 11.3 Å². The van der Waals surface area contributed by atoms with Gasteiger partial charge in [0.1, 0.15) is 10.0 Å². The lowest BCUT2D eigenvalue weighted by molar-refractivity contribution is 0.343. The lowest BCUT2D eigenvalue weighted by atomic mass is 9.79. The maximum absolute atomic E-state index is 4.59. The van der Waals surface area contributed by atoms with Crippen LogP contribution in [0.4, 0.5) is 0 Å². The lowest BCUT2D eigenvalue weighted by Crippen LogP contribution is -2.24. The van der Waals surface area contributed by atoms with Crippen molar-refractivity contribution in [1.29, 1.82) is 0 Å². The molecule has 1 fully saturated rings. The molecule has 0 unspecified atom stereocenters. The van der Waals surface area contributed by atoms with Crippen molar-refractivity contribution in [2.45, 2.75) is 77.6 Å². The predicted molar refractivity (Wildman–Crippen MR) is 91.0 cm³/mol. The first-order chi connectivity index (χ1) is 10.2. The third-order valence-corrected chi connectivity index (χ3v) is 5.68. The summed E-state index contributed by atoms with van der Waals surface area (Å²) in [4.78, 5) is 0. The van der Waals surface area contributed by atoms with Gasteiger partial charge >= 0.3 is 0 Å². The van der Waals surface area contributed by atoms with Gasteiger partial charge in [0.05, 0.1) is 0 Å². The summed E-state index contributed by atoms with van der Waals surface area (Å²) in [6.07, 6.45) is 10.1. The van der Waals surface area contributed by atoms with Crippen LogP contribution in [0.3, 0.4) is 0 Å². The predicted octanol–water partition coefficient (Wildman–Crippen LogP) is 4.33. The van der Waals surface area contributed by atoms with Crippen LogP contribution in [0.1, 0.15) is 75.7 Å². The zero-order chi connectivity index (χ0) is 15.1. The minimum atomic E-state index is 0.352. The fourth-order valence-electron chi connectivity index (χ4n) is 3.57. The molecule has 4 heteroatoms. The summed E-state index contributed by atoms with van der Waals surface area (Å²) in [7, 11) is 0. The van der Waals surface area contributed by atoms with E-state index in [1.807, 2.05) is 11.3 Å². The molecule has 1 aliphatic rings. The Morgan fingerprint density at radius 3 is 2.62 bits per heavy atom. The van der Waals surface area contributed by atoms with Crippen molar-refractivity contribution in [2.75, 3.05) is 13.1 Å². The maximum atomic E-state index is 4.59. The van der Waals surface area contributed by atoms with Crippen molar-refractivity contribution < 1.29 is 0 Å². The minimum Gasteiger partial charge on any atom is -0.317 e. The summed E-state index contributed by atoms with van der Waals surface area (Å²) >= 11 is 1.88. The van der Waals surface area contributed by atoms with Gasteiger partial charge in [-0.25, -0.2) is 0 Å². The smallest absolute Gasteiger partial charge is 0.123 e. The Morgan fingerprint density at radius 1 is 1.19 bits per heavy atom. The average molecular weight is 310 g/mol. The zero-order valence-electron chi connectivity index (χ0n) is 14.0. The Bertz CT molecular complexity index is 408. The molecule has 0 aromatic carbocycles. The molecular weight excluding hydrogens is 278 g/mol. The molecule has 0 saturated heterocycles. The van der Waals surface area contributed by atoms with E-state index in [4.69, 9.17) is 0 Å². The number of nitrogens with one attached hydrogen (secondary N) is 1. The summed E-state index contributed by atoms with van der Waals surface area (Å²) in [5.41, 5.74) is 0.352. The van der Waals surface area contributed by atoms with E-state index in [1.165, 1.54) is 55.0 Å². The van der Waals surface area contributed by atoms with E-state index in [0.29, 0.717) is 5.41 Å². The van der Waals surface area contributed by atoms with E-state index in [2.05, 4.69) is 36.3 Å². The summed E-state index contributed by atoms with van der Waals surface area (Å²) < 4.78 is 0. The highest BCUT2D eigenvalue weighted by Crippen LogP contribution is 2.46. The number of aryl methyl sites for hydroxylation is 1. The largest absolute Gasteiger partial charge is 0.317 e. The Morgan fingerprint density at radius 2 is 1.95 bits per heavy atom. The molecule has 0 spiro atoms. The lowest BCUT2D eigenvalue weighted by Gasteiger charge is -2.27. The molecule has 1 heterocycles. The topological polar surface area (TPSA) is 37.8 Å². The Balaban J connectivity index is 1.91. The second-order valence-corrected chi connectivity index (χ2v) is 8.00. The van der Waals surface area contributed by atoms with Gasteiger partial charge in [-0.15, -0.1) is 21.5 Å². The molecule has 1 aromatic heterocycles. The number of rotatable bonds is 9. The van der Waals surface area contributed by atoms with Crippen LogP contribution in [0, 0.1) is 5.92 Å². The highest BCUT2D eigenvalue weighted by molar-refractivity contribution is 7.11. The normalized spacial score (nSPS) is 17.7. The van der Waals surface area contributed by atoms with E-state index < -0.39 is 0 Å². The van der Waals surface area contributed by atoms with Crippen molar-refractivity contribution in [3.05, 3.63) is 10.0 Å². The maximum Gasteiger partial charge on any atom is 0.123 e. The van der Waals surface area contributed by atoms with Gasteiger partial charge in [0.2, 0.25) is 0 Å². The third kappa shape index (κ3) is 4.75. The quantitative estimate of drug-likeness (QED) is 0.690. The first-order valence-corrected chi connectivity index (χ1v) is 9.51. The Hall–Kier alpha value is -0.480. The van der Waals surface area contributed by atoms with Gasteiger partial charge in [0.25, 0.3) is 0 Å². The molecule has 2 rings (SSSR count). The first kappa shape index (κ1) is 16.9. The van der Waals surface area contributed by atoms with Crippen LogP contribution in [0.25, 0.3) is 0 Å². The van der Waals surface area contributed by atoms with E-state index in [9.17, 15) is 0 Å². The second kappa shape index (κ2) is 8.23. The van der Waals surface area contributed by atoms with Crippen LogP contribution in [0.5, 0.6) is 0 Å². The molecule has 0 aliphatic heterocycles. The fourth-order valence-corrected chi connectivity index (χ4v) is 4.71. The summed E-state index contributed by atoms with van der Waals surface area (Å²) in [6.45, 7) is 9.10. The molecule has 0 atom stereocenters. The summed E-state index contributed by atoms with van der Waals surface area (Å²) in [5.74, 6) is 0.744. The first-order valence-electron chi connectivity index (χ1n) is 8.70. The van der Waals surface area contributed by atoms with Crippen LogP contribution < -0.4 is 5.32 Å². The Kier molecular flexibility index (Phi) is 6.62. The van der Waals surface area contributed by atoms with Crippen LogP contribution in [-0.4, -0.2) is 23.3 Å². The molecule has 0 radical (unpaired) electrons. The van der Waals surface area contributed by atoms with E-state index >= 15 is 0 Å². The average Bonchev–Trinajstić information content (AvgIpc) is 3.08. The van der Waals surface area contributed by atoms with Gasteiger partial charge in [-0.05, 0) is 51.1 Å². The van der Waals surface area contributed by atoms with Crippen molar-refractivity contribution in [3.63, 3.8) is 0 Å². The summed E-state index contributed by atoms with van der Waals surface area (Å²) in [6, 6.07) is 0. The van der Waals surface area contributed by atoms with Crippen molar-refractivity contribution in [2.24, 2.45) is 5.92 Å². The van der Waals surface area contributed by atoms with Gasteiger partial charge in [0.15, 0.2) is 0 Å². The number of hydrogen-bond donors (Lipinski definition) is 1. The van der Waals surface area contributed by atoms with E-state index in [-0.39, 0.29) is 0 Å². The van der Waals surface area contributed by atoms with Crippen LogP contribution in [0.2, 0.25) is 0 Å². The van der Waals surface area contributed by atoms with E-state index in [1.54, 1.807) is 0 Å². The molecule has 21 heavy (non-hydrogen) atoms. The van der Waals surface area contributed by atoms with Gasteiger partial charge in [-0.2, -0.15) is 0 Å². The molecule has 0 bridgehead atoms. The SMILES string of the molecule is CCCNCCCc1nnc(C2(CC(C)C)CCCC2)s1. The molecule has 0 amide bonds. The monoisotopic (exact) mass is 309 g/mol. The van der Waals surface area contributed by atoms with Gasteiger partial charge in [-0.3, -0.25) is 0 Å². The fraction of sp³-hybridized carbons (Fsp3) is 0.882. The molecule has 1 N–H and O–H groups in total. The highest BCUT2D eigenvalue weighted by Gasteiger charge is 2.39. The van der Waals surface area contributed by atoms with Crippen molar-refractivity contribution in [1.82, 2.24) is 15.5 Å². The number of aromatic nitrogens is 2. The van der Waals surface area contributed by atoms with Crippen LogP contribution in [-0.2, 0) is 11.8 Å². The standard InChI is InChI=1S/C17H31N3S/c1-4-11-18-12-7-8-15-19-20-16(21-15)17(13-14(2)3)9-5-6-10-17/h14,18H,4-13H2,1-3H3. The zero-order valence-corrected chi connectivity index (χ0v) is 14.8. The van der Waals surface area contributed by atoms with Crippen molar-refractivity contribution in [3.8, 4) is 0 Å². The molecule has 1 aliphatic carbocycles. The highest BCUT2D eigenvalue weighted by atomic mass is 32.1. The molecule has 1 saturated carbocycles. The Labute approximate surface area is 133 Å². The van der Waals surface area contributed by atoms with Gasteiger partial charge in [0, 0.05) is 11.8 Å². The minimum absolute atomic E-state index is 0.352. The molecule has 3 nitrogen and oxygen atoms in total. The van der Waals surface area contributed by atoms with E-state index in [0.717, 1.165) is 25.4 Å². The second-order valence-electron chi connectivity index (χ2n) is 6.94. The molecular formula is C17H31N3S. The number of nitrogens with zero attached hydrogens (tertiary/aromatic N) is 2. The number of hydrogen-bond acceptors (Lipinski definition) is 4. The van der Waals surface area contributed by atoms with Gasteiger partial charge < -0.3 is 5.32 Å². The third-order valence-electron chi connectivity index (χ3n) is 4.45. The van der Waals surface area contributed by atoms with Crippen LogP contribution >= 0.6 is 11.3 Å².